The molecule has 0 spiro atoms. The first-order valence-electron chi connectivity index (χ1n) is 12.1. The van der Waals surface area contributed by atoms with Gasteiger partial charge in [-0.25, -0.2) is 4.79 Å². The van der Waals surface area contributed by atoms with Crippen molar-refractivity contribution < 1.29 is 24.2 Å². The summed E-state index contributed by atoms with van der Waals surface area (Å²) in [5.74, 6) is 0. The Morgan fingerprint density at radius 3 is 1.24 bits per heavy atom. The lowest BCUT2D eigenvalue weighted by molar-refractivity contribution is -0.870. The second-order valence-corrected chi connectivity index (χ2v) is 9.21. The molecule has 2 N–H and O–H groups in total. The number of likely N-dealkylation sites (N-methyl/N-ethyl adjacent to an activating group) is 1. The third-order valence-corrected chi connectivity index (χ3v) is 5.05. The zero-order valence-electron chi connectivity index (χ0n) is 20.1. The first-order chi connectivity index (χ1) is 13.8. The molecule has 0 unspecified atom stereocenters. The Hall–Kier alpha value is -0.810. The molecule has 0 aromatic rings. The summed E-state index contributed by atoms with van der Waals surface area (Å²) >= 11 is 0. The lowest BCUT2D eigenvalue weighted by Gasteiger charge is -2.23. The van der Waals surface area contributed by atoms with E-state index < -0.39 is 6.16 Å². The molecule has 0 rings (SSSR count). The third-order valence-electron chi connectivity index (χ3n) is 5.05. The average Bonchev–Trinajstić information content (AvgIpc) is 2.62. The van der Waals surface area contributed by atoms with Gasteiger partial charge < -0.3 is 19.4 Å². The predicted octanol–water partition coefficient (Wildman–Crippen LogP) is 7.19. The lowest BCUT2D eigenvalue weighted by Crippen LogP contribution is -2.37. The van der Waals surface area contributed by atoms with Crippen molar-refractivity contribution in [2.24, 2.45) is 0 Å². The van der Waals surface area contributed by atoms with Crippen molar-refractivity contribution in [2.45, 2.75) is 110 Å². The number of hydrogen-bond acceptors (Lipinski definition) is 2. The quantitative estimate of drug-likeness (QED) is 0.162. The van der Waals surface area contributed by atoms with Crippen molar-refractivity contribution in [3.05, 3.63) is 0 Å². The summed E-state index contributed by atoms with van der Waals surface area (Å²) in [6.07, 6.45) is 21.0. The minimum absolute atomic E-state index is 0.905. The number of unbranched alkanes of at least 4 members (excludes halogenated alkanes) is 15. The number of carboxylic acid groups (broad SMARTS) is 2. The fourth-order valence-corrected chi connectivity index (χ4v) is 3.19. The van der Waals surface area contributed by atoms with E-state index in [1.54, 1.807) is 0 Å². The summed E-state index contributed by atoms with van der Waals surface area (Å²) in [6.45, 7) is 5.27. The lowest BCUT2D eigenvalue weighted by atomic mass is 10.0. The van der Waals surface area contributed by atoms with Gasteiger partial charge in [-0.15, -0.1) is 0 Å². The summed E-state index contributed by atoms with van der Waals surface area (Å²) < 4.78 is 6.71. The molecule has 0 bridgehead atoms. The van der Waals surface area contributed by atoms with Crippen LogP contribution in [0.2, 0.25) is 0 Å². The molecule has 29 heavy (non-hydrogen) atoms. The van der Waals surface area contributed by atoms with Gasteiger partial charge in [-0.3, -0.25) is 0 Å². The van der Waals surface area contributed by atoms with Crippen LogP contribution in [-0.2, 0) is 4.74 Å². The second kappa shape index (κ2) is 23.5. The SMILES string of the molecule is CCCCCCCCCCCCCCCCCCOCC[N+](C)(C)C.O=C(O)O. The molecule has 0 aliphatic heterocycles. The van der Waals surface area contributed by atoms with Gasteiger partial charge in [-0.1, -0.05) is 103 Å². The maximum atomic E-state index is 8.56. The Bertz CT molecular complexity index is 325. The average molecular weight is 419 g/mol. The third kappa shape index (κ3) is 38.4. The molecule has 0 atom stereocenters. The van der Waals surface area contributed by atoms with E-state index in [9.17, 15) is 0 Å². The minimum Gasteiger partial charge on any atom is -0.450 e. The van der Waals surface area contributed by atoms with Gasteiger partial charge in [0.2, 0.25) is 0 Å². The van der Waals surface area contributed by atoms with Crippen molar-refractivity contribution >= 4 is 6.16 Å². The van der Waals surface area contributed by atoms with E-state index in [1.165, 1.54) is 103 Å². The van der Waals surface area contributed by atoms with Gasteiger partial charge in [-0.05, 0) is 6.42 Å². The van der Waals surface area contributed by atoms with Crippen LogP contribution in [0.5, 0.6) is 0 Å². The number of nitrogens with zero attached hydrogens (tertiary/aromatic N) is 1. The van der Waals surface area contributed by atoms with Crippen molar-refractivity contribution in [1.29, 1.82) is 0 Å². The Morgan fingerprint density at radius 1 is 0.621 bits per heavy atom. The highest BCUT2D eigenvalue weighted by Crippen LogP contribution is 2.13. The van der Waals surface area contributed by atoms with Gasteiger partial charge in [0.05, 0.1) is 27.7 Å². The van der Waals surface area contributed by atoms with Crippen molar-refractivity contribution in [2.75, 3.05) is 40.9 Å². The normalized spacial score (nSPS) is 11.2. The van der Waals surface area contributed by atoms with Crippen LogP contribution in [0.1, 0.15) is 110 Å². The molecule has 0 aliphatic rings. The van der Waals surface area contributed by atoms with Crippen LogP contribution in [0.3, 0.4) is 0 Å². The van der Waals surface area contributed by atoms with Gasteiger partial charge in [0.25, 0.3) is 0 Å². The smallest absolute Gasteiger partial charge is 0.450 e. The molecule has 176 valence electrons. The number of rotatable bonds is 20. The zero-order chi connectivity index (χ0) is 22.2. The number of quaternary nitrogens is 1. The van der Waals surface area contributed by atoms with Crippen molar-refractivity contribution in [3.8, 4) is 0 Å². The first kappa shape index (κ1) is 30.4. The fraction of sp³-hybridized carbons (Fsp3) is 0.958. The van der Waals surface area contributed by atoms with E-state index in [4.69, 9.17) is 19.7 Å². The molecule has 0 radical (unpaired) electrons. The van der Waals surface area contributed by atoms with E-state index in [0.717, 1.165) is 24.2 Å². The standard InChI is InChI=1S/C23H50NO.CH2O3/c1-5-6-7-8-9-10-11-12-13-14-15-16-17-18-19-20-22-25-23-21-24(2,3)4;2-1(3)4/h5-23H2,1-4H3;(H2,2,3,4)/q+1;. The molecule has 5 nitrogen and oxygen atoms in total. The van der Waals surface area contributed by atoms with Gasteiger partial charge in [-0.2, -0.15) is 0 Å². The Morgan fingerprint density at radius 2 is 0.931 bits per heavy atom. The van der Waals surface area contributed by atoms with Gasteiger partial charge >= 0.3 is 6.16 Å². The van der Waals surface area contributed by atoms with Gasteiger partial charge in [0, 0.05) is 6.61 Å². The monoisotopic (exact) mass is 418 g/mol. The minimum atomic E-state index is -1.83. The van der Waals surface area contributed by atoms with Gasteiger partial charge in [0.1, 0.15) is 6.54 Å². The zero-order valence-corrected chi connectivity index (χ0v) is 20.1. The van der Waals surface area contributed by atoms with Crippen LogP contribution in [0.25, 0.3) is 0 Å². The molecular weight excluding hydrogens is 366 g/mol. The van der Waals surface area contributed by atoms with Crippen LogP contribution >= 0.6 is 0 Å². The molecule has 0 amide bonds. The maximum absolute atomic E-state index is 8.56. The van der Waals surface area contributed by atoms with Crippen molar-refractivity contribution in [1.82, 2.24) is 0 Å². The largest absolute Gasteiger partial charge is 0.503 e. The highest BCUT2D eigenvalue weighted by atomic mass is 16.6. The van der Waals surface area contributed by atoms with E-state index >= 15 is 0 Å². The molecular formula is C24H52NO4+. The number of hydrogen-bond donors (Lipinski definition) is 2. The Kier molecular flexibility index (Phi) is 24.6. The first-order valence-corrected chi connectivity index (χ1v) is 12.1. The highest BCUT2D eigenvalue weighted by molar-refractivity contribution is 5.53. The second-order valence-electron chi connectivity index (χ2n) is 9.21. The van der Waals surface area contributed by atoms with Crippen molar-refractivity contribution in [3.63, 3.8) is 0 Å². The summed E-state index contributed by atoms with van der Waals surface area (Å²) in [5.41, 5.74) is 0. The van der Waals surface area contributed by atoms with Crippen LogP contribution in [-0.4, -0.2) is 61.8 Å². The Labute approximate surface area is 181 Å². The van der Waals surface area contributed by atoms with E-state index in [2.05, 4.69) is 28.1 Å². The highest BCUT2D eigenvalue weighted by Gasteiger charge is 2.05. The van der Waals surface area contributed by atoms with E-state index in [0.29, 0.717) is 0 Å². The van der Waals surface area contributed by atoms with E-state index in [1.807, 2.05) is 0 Å². The molecule has 0 fully saturated rings. The number of carbonyl (C=O) groups is 1. The molecule has 0 saturated heterocycles. The molecule has 0 aromatic carbocycles. The number of ether oxygens (including phenoxy) is 1. The molecule has 0 heterocycles. The van der Waals surface area contributed by atoms with Crippen LogP contribution in [0.4, 0.5) is 4.79 Å². The predicted molar refractivity (Wildman–Crippen MR) is 124 cm³/mol. The van der Waals surface area contributed by atoms with E-state index in [-0.39, 0.29) is 0 Å². The molecule has 0 saturated carbocycles. The molecule has 5 heteroatoms. The summed E-state index contributed by atoms with van der Waals surface area (Å²) in [7, 11) is 6.66. The van der Waals surface area contributed by atoms with Gasteiger partial charge in [0.15, 0.2) is 0 Å². The molecule has 0 aliphatic carbocycles. The molecule has 0 aromatic heterocycles. The van der Waals surface area contributed by atoms with Crippen LogP contribution < -0.4 is 0 Å². The summed E-state index contributed by atoms with van der Waals surface area (Å²) in [5, 5.41) is 13.9. The Balaban J connectivity index is 0. The summed E-state index contributed by atoms with van der Waals surface area (Å²) in [4.78, 5) is 8.56. The topological polar surface area (TPSA) is 66.8 Å². The van der Waals surface area contributed by atoms with Crippen LogP contribution in [0.15, 0.2) is 0 Å². The summed E-state index contributed by atoms with van der Waals surface area (Å²) in [6, 6.07) is 0. The fourth-order valence-electron chi connectivity index (χ4n) is 3.19. The van der Waals surface area contributed by atoms with Crippen LogP contribution in [0, 0.1) is 0 Å². The maximum Gasteiger partial charge on any atom is 0.503 e.